The van der Waals surface area contributed by atoms with Gasteiger partial charge in [-0.3, -0.25) is 4.79 Å². The lowest BCUT2D eigenvalue weighted by atomic mass is 9.97. The zero-order chi connectivity index (χ0) is 15.2. The van der Waals surface area contributed by atoms with Crippen LogP contribution in [0.1, 0.15) is 36.5 Å². The first-order valence-electron chi connectivity index (χ1n) is 7.63. The second-order valence-corrected chi connectivity index (χ2v) is 5.65. The van der Waals surface area contributed by atoms with E-state index in [0.29, 0.717) is 12.5 Å². The Hall–Kier alpha value is -1.75. The molecule has 21 heavy (non-hydrogen) atoms. The molecule has 1 saturated heterocycles. The number of phenols is 2. The fourth-order valence-corrected chi connectivity index (χ4v) is 2.79. The van der Waals surface area contributed by atoms with Gasteiger partial charge in [0.2, 0.25) is 0 Å². The fraction of sp³-hybridized carbons (Fsp3) is 0.562. The predicted octanol–water partition coefficient (Wildman–Crippen LogP) is 1.95. The molecule has 0 spiro atoms. The topological polar surface area (TPSA) is 72.8 Å². The molecule has 5 heteroatoms. The number of carbonyl (C=O) groups excluding carboxylic acids is 1. The van der Waals surface area contributed by atoms with Crippen molar-refractivity contribution in [2.45, 2.75) is 26.2 Å². The molecule has 2 rings (SSSR count). The monoisotopic (exact) mass is 292 g/mol. The molecular formula is C16H24N2O3. The Morgan fingerprint density at radius 1 is 1.33 bits per heavy atom. The number of amides is 1. The number of rotatable bonds is 5. The second kappa shape index (κ2) is 7.31. The third kappa shape index (κ3) is 4.11. The molecule has 1 fully saturated rings. The maximum atomic E-state index is 12.6. The highest BCUT2D eigenvalue weighted by atomic mass is 16.3. The van der Waals surface area contributed by atoms with Gasteiger partial charge in [0.1, 0.15) is 11.5 Å². The Balaban J connectivity index is 2.10. The summed E-state index contributed by atoms with van der Waals surface area (Å²) in [6.07, 6.45) is 3.04. The Kier molecular flexibility index (Phi) is 5.44. The molecular weight excluding hydrogens is 268 g/mol. The van der Waals surface area contributed by atoms with Crippen LogP contribution in [-0.2, 0) is 0 Å². The van der Waals surface area contributed by atoms with Gasteiger partial charge in [-0.25, -0.2) is 0 Å². The third-order valence-corrected chi connectivity index (χ3v) is 3.93. The Morgan fingerprint density at radius 3 is 2.67 bits per heavy atom. The molecule has 1 amide bonds. The number of carbonyl (C=O) groups is 1. The number of benzene rings is 1. The molecule has 3 N–H and O–H groups in total. The van der Waals surface area contributed by atoms with Crippen LogP contribution < -0.4 is 5.32 Å². The number of aromatic hydroxyl groups is 2. The summed E-state index contributed by atoms with van der Waals surface area (Å²) in [6, 6.07) is 4.13. The quantitative estimate of drug-likeness (QED) is 0.775. The van der Waals surface area contributed by atoms with Crippen molar-refractivity contribution >= 4 is 5.91 Å². The van der Waals surface area contributed by atoms with E-state index in [0.717, 1.165) is 38.9 Å². The molecule has 0 unspecified atom stereocenters. The first-order valence-corrected chi connectivity index (χ1v) is 7.63. The van der Waals surface area contributed by atoms with Crippen LogP contribution in [0.3, 0.4) is 0 Å². The number of nitrogens with one attached hydrogen (secondary N) is 1. The highest BCUT2D eigenvalue weighted by Crippen LogP contribution is 2.25. The maximum absolute atomic E-state index is 12.6. The van der Waals surface area contributed by atoms with E-state index in [1.54, 1.807) is 0 Å². The van der Waals surface area contributed by atoms with Crippen molar-refractivity contribution in [2.24, 2.45) is 5.92 Å². The standard InChI is InChI=1S/C16H24N2O3/c1-2-9-18(11-12-5-7-17-8-6-12)16(21)14-4-3-13(19)10-15(14)20/h3-4,10,12,17,19-20H,2,5-9,11H2,1H3. The van der Waals surface area contributed by atoms with Crippen LogP contribution in [0.4, 0.5) is 0 Å². The van der Waals surface area contributed by atoms with E-state index in [1.807, 2.05) is 11.8 Å². The van der Waals surface area contributed by atoms with E-state index < -0.39 is 0 Å². The van der Waals surface area contributed by atoms with Crippen molar-refractivity contribution in [3.05, 3.63) is 23.8 Å². The van der Waals surface area contributed by atoms with E-state index in [9.17, 15) is 15.0 Å². The van der Waals surface area contributed by atoms with Crippen molar-refractivity contribution in [2.75, 3.05) is 26.2 Å². The van der Waals surface area contributed by atoms with Crippen LogP contribution in [0.2, 0.25) is 0 Å². The van der Waals surface area contributed by atoms with E-state index >= 15 is 0 Å². The summed E-state index contributed by atoms with van der Waals surface area (Å²) in [5, 5.41) is 22.5. The number of piperidine rings is 1. The molecule has 116 valence electrons. The lowest BCUT2D eigenvalue weighted by Gasteiger charge is -2.30. The minimum atomic E-state index is -0.161. The summed E-state index contributed by atoms with van der Waals surface area (Å²) in [5.41, 5.74) is 0.259. The van der Waals surface area contributed by atoms with Crippen LogP contribution in [0.25, 0.3) is 0 Å². The molecule has 0 bridgehead atoms. The normalized spacial score (nSPS) is 15.9. The van der Waals surface area contributed by atoms with Crippen LogP contribution in [0.15, 0.2) is 18.2 Å². The maximum Gasteiger partial charge on any atom is 0.257 e. The molecule has 0 saturated carbocycles. The molecule has 5 nitrogen and oxygen atoms in total. The van der Waals surface area contributed by atoms with Crippen LogP contribution in [-0.4, -0.2) is 47.2 Å². The number of phenolic OH excluding ortho intramolecular Hbond substituents is 2. The second-order valence-electron chi connectivity index (χ2n) is 5.65. The largest absolute Gasteiger partial charge is 0.508 e. The SMILES string of the molecule is CCCN(CC1CCNCC1)C(=O)c1ccc(O)cc1O. The molecule has 0 atom stereocenters. The van der Waals surface area contributed by atoms with Crippen molar-refractivity contribution in [1.82, 2.24) is 10.2 Å². The molecule has 0 aromatic heterocycles. The summed E-state index contributed by atoms with van der Waals surface area (Å²) in [6.45, 7) is 5.46. The van der Waals surface area contributed by atoms with Crippen molar-refractivity contribution in [3.8, 4) is 11.5 Å². The summed E-state index contributed by atoms with van der Waals surface area (Å²) in [4.78, 5) is 14.4. The van der Waals surface area contributed by atoms with Crippen molar-refractivity contribution < 1.29 is 15.0 Å². The minimum absolute atomic E-state index is 0.0375. The molecule has 1 aliphatic rings. The molecule has 1 aromatic carbocycles. The highest BCUT2D eigenvalue weighted by molar-refractivity contribution is 5.97. The van der Waals surface area contributed by atoms with E-state index in [-0.39, 0.29) is 23.0 Å². The Labute approximate surface area is 125 Å². The van der Waals surface area contributed by atoms with Gasteiger partial charge < -0.3 is 20.4 Å². The van der Waals surface area contributed by atoms with Gasteiger partial charge in [-0.2, -0.15) is 0 Å². The van der Waals surface area contributed by atoms with Gasteiger partial charge in [-0.15, -0.1) is 0 Å². The zero-order valence-electron chi connectivity index (χ0n) is 12.5. The first kappa shape index (κ1) is 15.6. The molecule has 1 heterocycles. The lowest BCUT2D eigenvalue weighted by molar-refractivity contribution is 0.0713. The van der Waals surface area contributed by atoms with Crippen molar-refractivity contribution in [1.29, 1.82) is 0 Å². The van der Waals surface area contributed by atoms with E-state index in [2.05, 4.69) is 5.32 Å². The molecule has 1 aliphatic heterocycles. The van der Waals surface area contributed by atoms with Gasteiger partial charge in [-0.05, 0) is 50.4 Å². The zero-order valence-corrected chi connectivity index (χ0v) is 12.5. The van der Waals surface area contributed by atoms with Crippen LogP contribution >= 0.6 is 0 Å². The predicted molar refractivity (Wildman–Crippen MR) is 81.6 cm³/mol. The molecule has 0 radical (unpaired) electrons. The fourth-order valence-electron chi connectivity index (χ4n) is 2.79. The summed E-state index contributed by atoms with van der Waals surface area (Å²) in [5.74, 6) is 0.157. The van der Waals surface area contributed by atoms with Crippen LogP contribution in [0, 0.1) is 5.92 Å². The van der Waals surface area contributed by atoms with E-state index in [1.165, 1.54) is 18.2 Å². The highest BCUT2D eigenvalue weighted by Gasteiger charge is 2.23. The Morgan fingerprint density at radius 2 is 2.05 bits per heavy atom. The van der Waals surface area contributed by atoms with Gasteiger partial charge in [0, 0.05) is 19.2 Å². The van der Waals surface area contributed by atoms with Crippen LogP contribution in [0.5, 0.6) is 11.5 Å². The average molecular weight is 292 g/mol. The number of hydrogen-bond donors (Lipinski definition) is 3. The van der Waals surface area contributed by atoms with Gasteiger partial charge in [0.25, 0.3) is 5.91 Å². The van der Waals surface area contributed by atoms with Gasteiger partial charge in [-0.1, -0.05) is 6.92 Å². The first-order chi connectivity index (χ1) is 10.1. The number of nitrogens with zero attached hydrogens (tertiary/aromatic N) is 1. The molecule has 1 aromatic rings. The van der Waals surface area contributed by atoms with Gasteiger partial charge in [0.15, 0.2) is 0 Å². The lowest BCUT2D eigenvalue weighted by Crippen LogP contribution is -2.39. The van der Waals surface area contributed by atoms with Gasteiger partial charge in [0.05, 0.1) is 5.56 Å². The summed E-state index contributed by atoms with van der Waals surface area (Å²) in [7, 11) is 0. The summed E-state index contributed by atoms with van der Waals surface area (Å²) >= 11 is 0. The van der Waals surface area contributed by atoms with Gasteiger partial charge >= 0.3 is 0 Å². The summed E-state index contributed by atoms with van der Waals surface area (Å²) < 4.78 is 0. The van der Waals surface area contributed by atoms with E-state index in [4.69, 9.17) is 0 Å². The number of hydrogen-bond acceptors (Lipinski definition) is 4. The molecule has 0 aliphatic carbocycles. The minimum Gasteiger partial charge on any atom is -0.508 e. The van der Waals surface area contributed by atoms with Crippen molar-refractivity contribution in [3.63, 3.8) is 0 Å². The smallest absolute Gasteiger partial charge is 0.257 e. The third-order valence-electron chi connectivity index (χ3n) is 3.93. The average Bonchev–Trinajstić information content (AvgIpc) is 2.47. The Bertz CT molecular complexity index is 484.